The summed E-state index contributed by atoms with van der Waals surface area (Å²) >= 11 is 1.68. The van der Waals surface area contributed by atoms with Crippen LogP contribution in [-0.4, -0.2) is 47.9 Å². The second-order valence-electron chi connectivity index (χ2n) is 9.37. The summed E-state index contributed by atoms with van der Waals surface area (Å²) in [4.78, 5) is 31.7. The molecule has 0 fully saturated rings. The summed E-state index contributed by atoms with van der Waals surface area (Å²) in [6.07, 6.45) is 1.97. The zero-order chi connectivity index (χ0) is 25.5. The minimum Gasteiger partial charge on any atom is -0.491 e. The van der Waals surface area contributed by atoms with Gasteiger partial charge in [0, 0.05) is 24.0 Å². The Labute approximate surface area is 216 Å². The Bertz CT molecular complexity index is 1170. The van der Waals surface area contributed by atoms with Gasteiger partial charge in [-0.25, -0.2) is 4.39 Å². The molecule has 3 aromatic rings. The van der Waals surface area contributed by atoms with Gasteiger partial charge in [0.05, 0.1) is 19.0 Å². The monoisotopic (exact) mass is 508 g/mol. The van der Waals surface area contributed by atoms with Crippen molar-refractivity contribution in [3.63, 3.8) is 0 Å². The van der Waals surface area contributed by atoms with Crippen LogP contribution in [0.4, 0.5) is 4.39 Å². The molecular weight excluding hydrogens is 475 g/mol. The van der Waals surface area contributed by atoms with Crippen molar-refractivity contribution in [2.45, 2.75) is 39.2 Å². The zero-order valence-corrected chi connectivity index (χ0v) is 21.7. The highest BCUT2D eigenvalue weighted by molar-refractivity contribution is 7.10. The lowest BCUT2D eigenvalue weighted by molar-refractivity contribution is -0.143. The number of halogens is 1. The van der Waals surface area contributed by atoms with E-state index in [2.05, 4.69) is 13.8 Å². The van der Waals surface area contributed by atoms with Crippen LogP contribution in [0, 0.1) is 11.7 Å². The first-order chi connectivity index (χ1) is 17.4. The zero-order valence-electron chi connectivity index (χ0n) is 20.9. The van der Waals surface area contributed by atoms with Crippen LogP contribution in [0.3, 0.4) is 0 Å². The van der Waals surface area contributed by atoms with Gasteiger partial charge in [-0.3, -0.25) is 9.59 Å². The number of amides is 2. The number of hydrogen-bond donors (Lipinski definition) is 0. The molecule has 1 aliphatic rings. The van der Waals surface area contributed by atoms with Gasteiger partial charge in [-0.05, 0) is 47.0 Å². The van der Waals surface area contributed by atoms with Gasteiger partial charge in [0.25, 0.3) is 0 Å². The van der Waals surface area contributed by atoms with E-state index < -0.39 is 0 Å². The van der Waals surface area contributed by atoms with Gasteiger partial charge in [-0.2, -0.15) is 0 Å². The number of hydrogen-bond acceptors (Lipinski definition) is 4. The van der Waals surface area contributed by atoms with Crippen LogP contribution in [0.15, 0.2) is 66.0 Å². The van der Waals surface area contributed by atoms with Crippen LogP contribution < -0.4 is 4.74 Å². The largest absolute Gasteiger partial charge is 0.491 e. The number of benzene rings is 2. The highest BCUT2D eigenvalue weighted by atomic mass is 32.1. The highest BCUT2D eigenvalue weighted by Crippen LogP contribution is 2.34. The summed E-state index contributed by atoms with van der Waals surface area (Å²) in [5, 5.41) is 2.03. The second kappa shape index (κ2) is 12.2. The van der Waals surface area contributed by atoms with E-state index in [4.69, 9.17) is 4.74 Å². The number of thiophene rings is 1. The number of ether oxygens (including phenoxy) is 1. The Balaban J connectivity index is 1.50. The summed E-state index contributed by atoms with van der Waals surface area (Å²) in [5.74, 6) is 0.216. The fourth-order valence-electron chi connectivity index (χ4n) is 4.50. The minimum atomic E-state index is -0.363. The van der Waals surface area contributed by atoms with Gasteiger partial charge in [-0.15, -0.1) is 11.3 Å². The smallest absolute Gasteiger partial charge is 0.242 e. The Morgan fingerprint density at radius 3 is 2.72 bits per heavy atom. The Morgan fingerprint density at radius 2 is 1.97 bits per heavy atom. The maximum absolute atomic E-state index is 13.7. The molecule has 4 rings (SSSR count). The van der Waals surface area contributed by atoms with Gasteiger partial charge in [-0.1, -0.05) is 56.7 Å². The third-order valence-electron chi connectivity index (χ3n) is 6.73. The van der Waals surface area contributed by atoms with Gasteiger partial charge in [0.15, 0.2) is 0 Å². The molecule has 2 aromatic carbocycles. The van der Waals surface area contributed by atoms with Crippen molar-refractivity contribution < 1.29 is 18.7 Å². The molecule has 0 saturated carbocycles. The molecule has 2 amide bonds. The van der Waals surface area contributed by atoms with Crippen molar-refractivity contribution in [2.24, 2.45) is 5.92 Å². The van der Waals surface area contributed by atoms with Crippen LogP contribution in [0.1, 0.15) is 42.3 Å². The number of carbonyl (C=O) groups excluding carboxylic acids is 2. The Morgan fingerprint density at radius 1 is 1.17 bits per heavy atom. The molecule has 0 N–H and O–H groups in total. The lowest BCUT2D eigenvalue weighted by atomic mass is 10.00. The summed E-state index contributed by atoms with van der Waals surface area (Å²) in [7, 11) is 0. The van der Waals surface area contributed by atoms with Gasteiger partial charge in [0.2, 0.25) is 11.8 Å². The van der Waals surface area contributed by atoms with E-state index in [0.717, 1.165) is 24.0 Å². The van der Waals surface area contributed by atoms with Crippen LogP contribution in [-0.2, 0) is 22.4 Å². The van der Waals surface area contributed by atoms with Crippen LogP contribution in [0.5, 0.6) is 5.75 Å². The van der Waals surface area contributed by atoms with Crippen LogP contribution in [0.25, 0.3) is 0 Å². The van der Waals surface area contributed by atoms with Gasteiger partial charge < -0.3 is 14.5 Å². The number of carbonyl (C=O) groups is 2. The fourth-order valence-corrected chi connectivity index (χ4v) is 5.43. The lowest BCUT2D eigenvalue weighted by Gasteiger charge is -2.37. The molecule has 2 heterocycles. The summed E-state index contributed by atoms with van der Waals surface area (Å²) in [6, 6.07) is 17.4. The van der Waals surface area contributed by atoms with Crippen molar-refractivity contribution in [1.82, 2.24) is 9.80 Å². The topological polar surface area (TPSA) is 49.9 Å². The predicted octanol–water partition coefficient (Wildman–Crippen LogP) is 5.51. The Hall–Kier alpha value is -3.19. The first kappa shape index (κ1) is 25.9. The molecule has 0 bridgehead atoms. The van der Waals surface area contributed by atoms with E-state index in [1.807, 2.05) is 46.7 Å². The van der Waals surface area contributed by atoms with E-state index in [-0.39, 0.29) is 49.2 Å². The first-order valence-corrected chi connectivity index (χ1v) is 13.4. The maximum atomic E-state index is 13.7. The summed E-state index contributed by atoms with van der Waals surface area (Å²) < 4.78 is 19.6. The third kappa shape index (κ3) is 6.52. The molecule has 1 aliphatic heterocycles. The molecule has 0 aliphatic carbocycles. The van der Waals surface area contributed by atoms with E-state index in [1.165, 1.54) is 17.0 Å². The molecule has 36 heavy (non-hydrogen) atoms. The quantitative estimate of drug-likeness (QED) is 0.363. The second-order valence-corrected chi connectivity index (χ2v) is 10.4. The van der Waals surface area contributed by atoms with Crippen LogP contribution >= 0.6 is 11.3 Å². The normalized spacial score (nSPS) is 15.8. The van der Waals surface area contributed by atoms with Crippen molar-refractivity contribution in [3.05, 3.63) is 87.9 Å². The molecule has 2 atom stereocenters. The molecule has 0 unspecified atom stereocenters. The van der Waals surface area contributed by atoms with Crippen molar-refractivity contribution in [1.29, 1.82) is 0 Å². The van der Waals surface area contributed by atoms with E-state index in [1.54, 1.807) is 28.4 Å². The van der Waals surface area contributed by atoms with Crippen molar-refractivity contribution >= 4 is 23.2 Å². The lowest BCUT2D eigenvalue weighted by Crippen LogP contribution is -2.48. The summed E-state index contributed by atoms with van der Waals surface area (Å²) in [5.41, 5.74) is 2.01. The average molecular weight is 509 g/mol. The van der Waals surface area contributed by atoms with Crippen LogP contribution in [0.2, 0.25) is 0 Å². The first-order valence-electron chi connectivity index (χ1n) is 12.5. The molecule has 190 valence electrons. The van der Waals surface area contributed by atoms with Gasteiger partial charge >= 0.3 is 0 Å². The van der Waals surface area contributed by atoms with Crippen molar-refractivity contribution in [3.8, 4) is 5.75 Å². The third-order valence-corrected chi connectivity index (χ3v) is 7.72. The minimum absolute atomic E-state index is 0.0337. The molecule has 7 heteroatoms. The molecule has 5 nitrogen and oxygen atoms in total. The van der Waals surface area contributed by atoms with E-state index >= 15 is 0 Å². The number of fused-ring (bicyclic) bond motifs is 1. The molecule has 1 aromatic heterocycles. The SMILES string of the molecule is CC[C@@H](C)CN(CC(=O)N1CCc2sccc2[C@@H]1COc1cccc(F)c1)C(=O)Cc1ccccc1. The summed E-state index contributed by atoms with van der Waals surface area (Å²) in [6.45, 7) is 5.55. The standard InChI is InChI=1S/C29H33FN2O3S/c1-3-21(2)18-31(28(33)16-22-8-5-4-6-9-22)19-29(34)32-14-12-27-25(13-15-36-27)26(32)20-35-24-11-7-10-23(30)17-24/h4-11,13,15,17,21,26H,3,12,14,16,18-20H2,1-2H3/t21-,26+/m1/s1. The van der Waals surface area contributed by atoms with Gasteiger partial charge in [0.1, 0.15) is 18.2 Å². The molecule has 0 radical (unpaired) electrons. The highest BCUT2D eigenvalue weighted by Gasteiger charge is 2.33. The van der Waals surface area contributed by atoms with E-state index in [9.17, 15) is 14.0 Å². The molecular formula is C29H33FN2O3S. The van der Waals surface area contributed by atoms with E-state index in [0.29, 0.717) is 18.8 Å². The fraction of sp³-hybridized carbons (Fsp3) is 0.379. The molecule has 0 saturated heterocycles. The average Bonchev–Trinajstić information content (AvgIpc) is 3.36. The number of nitrogens with zero attached hydrogens (tertiary/aromatic N) is 2. The Kier molecular flexibility index (Phi) is 8.75. The number of rotatable bonds is 10. The molecule has 0 spiro atoms. The van der Waals surface area contributed by atoms with Crippen molar-refractivity contribution in [2.75, 3.05) is 26.2 Å². The maximum Gasteiger partial charge on any atom is 0.242 e. The predicted molar refractivity (Wildman–Crippen MR) is 141 cm³/mol.